The van der Waals surface area contributed by atoms with Crippen molar-refractivity contribution < 1.29 is 8.42 Å². The third-order valence-electron chi connectivity index (χ3n) is 11.3. The molecule has 2 atom stereocenters. The van der Waals surface area contributed by atoms with E-state index < -0.39 is 15.1 Å². The number of sulfone groups is 1. The summed E-state index contributed by atoms with van der Waals surface area (Å²) in [4.78, 5) is 5.27. The molecule has 2 aromatic rings. The summed E-state index contributed by atoms with van der Waals surface area (Å²) in [6.45, 7) is 9.29. The Kier molecular flexibility index (Phi) is 7.07. The molecule has 2 heterocycles. The second kappa shape index (κ2) is 11.0. The molecule has 0 saturated carbocycles. The maximum absolute atomic E-state index is 14.1. The molecule has 8 rings (SSSR count). The minimum atomic E-state index is -3.54. The van der Waals surface area contributed by atoms with Crippen LogP contribution in [0.4, 0.5) is 11.4 Å². The molecule has 0 saturated heterocycles. The Bertz CT molecular complexity index is 1980. The molecular weight excluding hydrogens is 597 g/mol. The number of benzene rings is 2. The van der Waals surface area contributed by atoms with E-state index in [9.17, 15) is 8.42 Å². The third-order valence-corrected chi connectivity index (χ3v) is 13.4. The van der Waals surface area contributed by atoms with E-state index in [1.54, 1.807) is 0 Å². The van der Waals surface area contributed by atoms with Crippen molar-refractivity contribution in [3.63, 3.8) is 0 Å². The van der Waals surface area contributed by atoms with Gasteiger partial charge in [-0.05, 0) is 91.2 Å². The smallest absolute Gasteiger partial charge is 0.184 e. The Hall–Kier alpha value is -4.09. The molecule has 6 aliphatic rings. The van der Waals surface area contributed by atoms with Gasteiger partial charge in [0.25, 0.3) is 0 Å². The summed E-state index contributed by atoms with van der Waals surface area (Å²) >= 11 is 0. The van der Waals surface area contributed by atoms with E-state index in [1.807, 2.05) is 24.3 Å². The van der Waals surface area contributed by atoms with Crippen LogP contribution in [-0.4, -0.2) is 24.6 Å². The van der Waals surface area contributed by atoms with E-state index >= 15 is 0 Å². The van der Waals surface area contributed by atoms with Crippen LogP contribution in [0.15, 0.2) is 142 Å². The highest BCUT2D eigenvalue weighted by Gasteiger charge is 2.42. The normalized spacial score (nSPS) is 25.5. The Morgan fingerprint density at radius 2 is 1.40 bits per heavy atom. The van der Waals surface area contributed by atoms with Crippen molar-refractivity contribution in [3.8, 4) is 0 Å². The quantitative estimate of drug-likeness (QED) is 0.334. The molecular formula is C42H44N2O2S. The molecule has 0 fully saturated rings. The van der Waals surface area contributed by atoms with Gasteiger partial charge in [0.05, 0.1) is 27.6 Å². The molecule has 47 heavy (non-hydrogen) atoms. The number of allylic oxidation sites excluding steroid dienone is 10. The average Bonchev–Trinajstić information content (AvgIpc) is 3.09. The molecule has 4 aliphatic carbocycles. The lowest BCUT2D eigenvalue weighted by molar-refractivity contribution is 0.307. The maximum atomic E-state index is 14.1. The highest BCUT2D eigenvalue weighted by atomic mass is 32.2. The van der Waals surface area contributed by atoms with Crippen LogP contribution in [0.3, 0.4) is 0 Å². The molecule has 2 aromatic carbocycles. The number of fused-ring (bicyclic) bond motifs is 2. The van der Waals surface area contributed by atoms with Crippen LogP contribution in [0.1, 0.15) is 77.3 Å². The van der Waals surface area contributed by atoms with Crippen molar-refractivity contribution in [1.29, 1.82) is 0 Å². The summed E-state index contributed by atoms with van der Waals surface area (Å²) in [6.07, 6.45) is 26.6. The van der Waals surface area contributed by atoms with Crippen molar-refractivity contribution in [2.24, 2.45) is 5.41 Å². The topological polar surface area (TPSA) is 40.6 Å². The van der Waals surface area contributed by atoms with Crippen LogP contribution in [0.2, 0.25) is 0 Å². The first-order valence-electron chi connectivity index (χ1n) is 17.2. The minimum absolute atomic E-state index is 0.0137. The molecule has 0 amide bonds. The highest BCUT2D eigenvalue weighted by molar-refractivity contribution is 7.96. The third kappa shape index (κ3) is 4.64. The van der Waals surface area contributed by atoms with Gasteiger partial charge in [-0.25, -0.2) is 8.42 Å². The Balaban J connectivity index is 1.05. The van der Waals surface area contributed by atoms with Crippen LogP contribution in [0, 0.1) is 5.41 Å². The van der Waals surface area contributed by atoms with Gasteiger partial charge in [-0.1, -0.05) is 107 Å². The van der Waals surface area contributed by atoms with Gasteiger partial charge in [-0.2, -0.15) is 0 Å². The molecule has 0 aromatic heterocycles. The Morgan fingerprint density at radius 1 is 0.723 bits per heavy atom. The van der Waals surface area contributed by atoms with Gasteiger partial charge in [-0.15, -0.1) is 0 Å². The number of para-hydroxylation sites is 2. The van der Waals surface area contributed by atoms with E-state index in [-0.39, 0.29) is 16.9 Å². The van der Waals surface area contributed by atoms with Crippen molar-refractivity contribution in [2.45, 2.75) is 82.9 Å². The summed E-state index contributed by atoms with van der Waals surface area (Å²) in [5.74, 6) is 0. The zero-order valence-electron chi connectivity index (χ0n) is 27.9. The second-order valence-electron chi connectivity index (χ2n) is 14.7. The van der Waals surface area contributed by atoms with E-state index in [4.69, 9.17) is 0 Å². The molecule has 4 nitrogen and oxygen atoms in total. The van der Waals surface area contributed by atoms with Gasteiger partial charge in [-0.3, -0.25) is 0 Å². The Morgan fingerprint density at radius 3 is 2.06 bits per heavy atom. The molecule has 240 valence electrons. The molecule has 2 aliphatic heterocycles. The average molecular weight is 641 g/mol. The van der Waals surface area contributed by atoms with Gasteiger partial charge in [0, 0.05) is 27.9 Å². The predicted octanol–water partition coefficient (Wildman–Crippen LogP) is 9.85. The van der Waals surface area contributed by atoms with E-state index in [1.165, 1.54) is 33.7 Å². The first kappa shape index (κ1) is 30.3. The fourth-order valence-electron chi connectivity index (χ4n) is 8.77. The fraction of sp³-hybridized carbons (Fsp3) is 0.333. The van der Waals surface area contributed by atoms with E-state index in [0.717, 1.165) is 42.8 Å². The van der Waals surface area contributed by atoms with E-state index in [0.29, 0.717) is 17.7 Å². The number of hydrogen-bond acceptors (Lipinski definition) is 4. The largest absolute Gasteiger partial charge is 0.338 e. The summed E-state index contributed by atoms with van der Waals surface area (Å²) in [6, 6.07) is 17.2. The molecule has 0 bridgehead atoms. The fourth-order valence-corrected chi connectivity index (χ4v) is 10.3. The van der Waals surface area contributed by atoms with Crippen molar-refractivity contribution in [1.82, 2.24) is 4.90 Å². The molecule has 0 radical (unpaired) electrons. The second-order valence-corrected chi connectivity index (χ2v) is 16.8. The molecule has 2 unspecified atom stereocenters. The van der Waals surface area contributed by atoms with E-state index in [2.05, 4.69) is 122 Å². The Labute approximate surface area is 280 Å². The monoisotopic (exact) mass is 640 g/mol. The van der Waals surface area contributed by atoms with Gasteiger partial charge >= 0.3 is 0 Å². The standard InChI is InChI=1S/C42H44N2O2S/c1-41(2)33-13-5-9-17-37(33)43(38-18-10-6-14-34(38)41)29-21-25-31(26-22-29)47(45,46)32-27-23-30(24-28-32)44-39-19-11-7-15-35(39)42(3,4)36-16-8-12-20-40(36)44/h5-7,9-10,12-15,17-18,20-23,25,27-28,30-31H,8,11,16,19,24,26H2,1-4H3. The number of hydrogen-bond donors (Lipinski definition) is 0. The summed E-state index contributed by atoms with van der Waals surface area (Å²) in [5.41, 5.74) is 11.4. The van der Waals surface area contributed by atoms with Gasteiger partial charge in [0.2, 0.25) is 0 Å². The van der Waals surface area contributed by atoms with Gasteiger partial charge in [0.1, 0.15) is 0 Å². The van der Waals surface area contributed by atoms with Crippen molar-refractivity contribution in [3.05, 3.63) is 154 Å². The molecule has 0 spiro atoms. The lowest BCUT2D eigenvalue weighted by Gasteiger charge is -2.48. The van der Waals surface area contributed by atoms with Crippen LogP contribution >= 0.6 is 0 Å². The van der Waals surface area contributed by atoms with Crippen LogP contribution in [0.5, 0.6) is 0 Å². The first-order chi connectivity index (χ1) is 22.6. The van der Waals surface area contributed by atoms with Gasteiger partial charge < -0.3 is 9.80 Å². The summed E-state index contributed by atoms with van der Waals surface area (Å²) < 4.78 is 28.1. The first-order valence-corrected chi connectivity index (χ1v) is 18.7. The van der Waals surface area contributed by atoms with Crippen LogP contribution in [0.25, 0.3) is 0 Å². The summed E-state index contributed by atoms with van der Waals surface area (Å²) in [7, 11) is -3.54. The lowest BCUT2D eigenvalue weighted by Crippen LogP contribution is -2.42. The number of nitrogens with zero attached hydrogens (tertiary/aromatic N) is 2. The molecule has 5 heteroatoms. The van der Waals surface area contributed by atoms with Crippen molar-refractivity contribution >= 4 is 21.2 Å². The highest BCUT2D eigenvalue weighted by Crippen LogP contribution is 2.53. The number of rotatable bonds is 4. The zero-order chi connectivity index (χ0) is 32.6. The lowest BCUT2D eigenvalue weighted by atomic mass is 9.68. The number of anilines is 2. The van der Waals surface area contributed by atoms with Gasteiger partial charge in [0.15, 0.2) is 9.84 Å². The maximum Gasteiger partial charge on any atom is 0.184 e. The minimum Gasteiger partial charge on any atom is -0.338 e. The van der Waals surface area contributed by atoms with Crippen LogP contribution < -0.4 is 4.90 Å². The molecule has 0 N–H and O–H groups in total. The predicted molar refractivity (Wildman–Crippen MR) is 194 cm³/mol. The zero-order valence-corrected chi connectivity index (χ0v) is 28.7. The SMILES string of the molecule is CC1(C)C2=C(CCC=C2)N(C2C=CC(S(=O)(=O)C3C=CC(N4c5ccccc5C(C)(C)c5ccccc54)=CC3)=CC2)C2=C1CCC=C2. The summed E-state index contributed by atoms with van der Waals surface area (Å²) in [5, 5.41) is -0.588. The van der Waals surface area contributed by atoms with Crippen LogP contribution in [-0.2, 0) is 15.3 Å². The van der Waals surface area contributed by atoms with Crippen molar-refractivity contribution in [2.75, 3.05) is 4.90 Å².